The lowest BCUT2D eigenvalue weighted by molar-refractivity contribution is 0.0698. The summed E-state index contributed by atoms with van der Waals surface area (Å²) in [6, 6.07) is 7.95. The summed E-state index contributed by atoms with van der Waals surface area (Å²) in [5.41, 5.74) is 0.300. The molecule has 21 heavy (non-hydrogen) atoms. The van der Waals surface area contributed by atoms with Crippen LogP contribution in [-0.4, -0.2) is 17.0 Å². The van der Waals surface area contributed by atoms with Crippen molar-refractivity contribution in [1.29, 1.82) is 0 Å². The number of carboxylic acids is 1. The molecule has 2 N–H and O–H groups in total. The van der Waals surface area contributed by atoms with Gasteiger partial charge in [-0.15, -0.1) is 0 Å². The van der Waals surface area contributed by atoms with Crippen LogP contribution >= 0.6 is 31.9 Å². The van der Waals surface area contributed by atoms with Crippen molar-refractivity contribution in [3.8, 4) is 0 Å². The summed E-state index contributed by atoms with van der Waals surface area (Å²) >= 11 is 6.40. The molecule has 0 aliphatic heterocycles. The van der Waals surface area contributed by atoms with E-state index in [4.69, 9.17) is 0 Å². The fourth-order valence-electron chi connectivity index (χ4n) is 1.66. The topological polar surface area (TPSA) is 66.4 Å². The van der Waals surface area contributed by atoms with Crippen LogP contribution in [0.15, 0.2) is 45.3 Å². The SMILES string of the molecule is O=C(Nc1c(Br)cc(Br)cc1C(=O)O)c1ccc(F)cc1. The lowest BCUT2D eigenvalue weighted by Gasteiger charge is -2.11. The fourth-order valence-corrected chi connectivity index (χ4v) is 2.98. The number of carbonyl (C=O) groups is 2. The van der Waals surface area contributed by atoms with Gasteiger partial charge in [-0.2, -0.15) is 0 Å². The normalized spacial score (nSPS) is 10.2. The minimum Gasteiger partial charge on any atom is -0.478 e. The zero-order valence-corrected chi connectivity index (χ0v) is 13.5. The molecule has 0 aromatic heterocycles. The van der Waals surface area contributed by atoms with E-state index in [0.717, 1.165) is 12.1 Å². The Morgan fingerprint density at radius 2 is 1.71 bits per heavy atom. The first-order chi connectivity index (χ1) is 9.88. The van der Waals surface area contributed by atoms with Gasteiger partial charge < -0.3 is 10.4 Å². The van der Waals surface area contributed by atoms with E-state index in [1.165, 1.54) is 18.2 Å². The number of aromatic carboxylic acids is 1. The Kier molecular flexibility index (Phi) is 4.74. The van der Waals surface area contributed by atoms with E-state index in [1.807, 2.05) is 0 Å². The summed E-state index contributed by atoms with van der Waals surface area (Å²) in [6.45, 7) is 0. The quantitative estimate of drug-likeness (QED) is 0.783. The number of nitrogens with one attached hydrogen (secondary N) is 1. The van der Waals surface area contributed by atoms with E-state index >= 15 is 0 Å². The van der Waals surface area contributed by atoms with Crippen molar-refractivity contribution in [2.45, 2.75) is 0 Å². The molecule has 0 aliphatic carbocycles. The van der Waals surface area contributed by atoms with Crippen molar-refractivity contribution in [2.75, 3.05) is 5.32 Å². The van der Waals surface area contributed by atoms with Crippen LogP contribution in [0.4, 0.5) is 10.1 Å². The molecule has 1 amide bonds. The van der Waals surface area contributed by atoms with Crippen LogP contribution in [0, 0.1) is 5.82 Å². The van der Waals surface area contributed by atoms with Gasteiger partial charge in [-0.3, -0.25) is 4.79 Å². The van der Waals surface area contributed by atoms with E-state index in [0.29, 0.717) is 8.95 Å². The number of carboxylic acid groups (broad SMARTS) is 1. The average molecular weight is 417 g/mol. The van der Waals surface area contributed by atoms with Crippen molar-refractivity contribution in [1.82, 2.24) is 0 Å². The minimum absolute atomic E-state index is 0.0632. The number of halogens is 3. The maximum absolute atomic E-state index is 12.8. The van der Waals surface area contributed by atoms with Gasteiger partial charge in [-0.05, 0) is 52.3 Å². The summed E-state index contributed by atoms with van der Waals surface area (Å²) in [5, 5.41) is 11.7. The highest BCUT2D eigenvalue weighted by Gasteiger charge is 2.17. The molecule has 0 fully saturated rings. The minimum atomic E-state index is -1.17. The summed E-state index contributed by atoms with van der Waals surface area (Å²) in [7, 11) is 0. The van der Waals surface area contributed by atoms with Crippen LogP contribution in [0.2, 0.25) is 0 Å². The van der Waals surface area contributed by atoms with Crippen LogP contribution in [0.5, 0.6) is 0 Å². The largest absolute Gasteiger partial charge is 0.478 e. The number of hydrogen-bond donors (Lipinski definition) is 2. The van der Waals surface area contributed by atoms with E-state index in [9.17, 15) is 19.1 Å². The van der Waals surface area contributed by atoms with E-state index < -0.39 is 17.7 Å². The highest BCUT2D eigenvalue weighted by atomic mass is 79.9. The predicted octanol–water partition coefficient (Wildman–Crippen LogP) is 4.30. The summed E-state index contributed by atoms with van der Waals surface area (Å²) in [5.74, 6) is -2.16. The standard InChI is InChI=1S/C14H8Br2FNO3/c15-8-5-10(14(20)21)12(11(16)6-8)18-13(19)7-1-3-9(17)4-2-7/h1-6H,(H,18,19)(H,20,21). The lowest BCUT2D eigenvalue weighted by atomic mass is 10.1. The van der Waals surface area contributed by atoms with Crippen molar-refractivity contribution >= 4 is 49.4 Å². The molecule has 0 bridgehead atoms. The number of anilines is 1. The van der Waals surface area contributed by atoms with Crippen molar-refractivity contribution in [3.05, 3.63) is 62.3 Å². The second-order valence-corrected chi connectivity index (χ2v) is 5.85. The third-order valence-corrected chi connectivity index (χ3v) is 3.71. The molecule has 0 atom stereocenters. The zero-order chi connectivity index (χ0) is 15.6. The van der Waals surface area contributed by atoms with Gasteiger partial charge in [0.2, 0.25) is 0 Å². The molecule has 0 aliphatic rings. The van der Waals surface area contributed by atoms with Gasteiger partial charge in [0.05, 0.1) is 11.3 Å². The summed E-state index contributed by atoms with van der Waals surface area (Å²) < 4.78 is 13.8. The molecule has 2 rings (SSSR count). The molecule has 0 radical (unpaired) electrons. The van der Waals surface area contributed by atoms with Crippen LogP contribution < -0.4 is 5.32 Å². The highest BCUT2D eigenvalue weighted by Crippen LogP contribution is 2.31. The molecular formula is C14H8Br2FNO3. The molecule has 0 heterocycles. The highest BCUT2D eigenvalue weighted by molar-refractivity contribution is 9.11. The monoisotopic (exact) mass is 415 g/mol. The Hall–Kier alpha value is -1.73. The number of benzene rings is 2. The van der Waals surface area contributed by atoms with Crippen LogP contribution in [-0.2, 0) is 0 Å². The van der Waals surface area contributed by atoms with Gasteiger partial charge in [0.15, 0.2) is 0 Å². The molecular weight excluding hydrogens is 409 g/mol. The second kappa shape index (κ2) is 6.36. The van der Waals surface area contributed by atoms with E-state index in [2.05, 4.69) is 37.2 Å². The number of rotatable bonds is 3. The van der Waals surface area contributed by atoms with Crippen LogP contribution in [0.1, 0.15) is 20.7 Å². The maximum Gasteiger partial charge on any atom is 0.337 e. The van der Waals surface area contributed by atoms with Gasteiger partial charge in [-0.1, -0.05) is 15.9 Å². The Bertz CT molecular complexity index is 717. The summed E-state index contributed by atoms with van der Waals surface area (Å²) in [4.78, 5) is 23.3. The fraction of sp³-hybridized carbons (Fsp3) is 0. The van der Waals surface area contributed by atoms with Gasteiger partial charge in [0.25, 0.3) is 5.91 Å². The molecule has 0 unspecified atom stereocenters. The molecule has 108 valence electrons. The molecule has 7 heteroatoms. The van der Waals surface area contributed by atoms with Gasteiger partial charge in [0.1, 0.15) is 5.82 Å². The Labute approximate surface area is 136 Å². The predicted molar refractivity (Wildman–Crippen MR) is 83.2 cm³/mol. The Morgan fingerprint density at radius 1 is 1.10 bits per heavy atom. The smallest absolute Gasteiger partial charge is 0.337 e. The molecule has 0 spiro atoms. The molecule has 0 saturated heterocycles. The molecule has 0 saturated carbocycles. The van der Waals surface area contributed by atoms with Gasteiger partial charge in [0, 0.05) is 14.5 Å². The van der Waals surface area contributed by atoms with Crippen LogP contribution in [0.3, 0.4) is 0 Å². The van der Waals surface area contributed by atoms with Crippen molar-refractivity contribution in [2.24, 2.45) is 0 Å². The van der Waals surface area contributed by atoms with Crippen LogP contribution in [0.25, 0.3) is 0 Å². The molecule has 2 aromatic carbocycles. The first-order valence-corrected chi connectivity index (χ1v) is 7.26. The number of amides is 1. The molecule has 4 nitrogen and oxygen atoms in total. The second-order valence-electron chi connectivity index (χ2n) is 4.08. The maximum atomic E-state index is 12.8. The average Bonchev–Trinajstić information content (AvgIpc) is 2.41. The third-order valence-electron chi connectivity index (χ3n) is 2.63. The van der Waals surface area contributed by atoms with Crippen molar-refractivity contribution < 1.29 is 19.1 Å². The van der Waals surface area contributed by atoms with Crippen molar-refractivity contribution in [3.63, 3.8) is 0 Å². The number of carbonyl (C=O) groups excluding carboxylic acids is 1. The zero-order valence-electron chi connectivity index (χ0n) is 10.4. The number of hydrogen-bond acceptors (Lipinski definition) is 2. The van der Waals surface area contributed by atoms with Gasteiger partial charge >= 0.3 is 5.97 Å². The Balaban J connectivity index is 2.37. The third kappa shape index (κ3) is 3.68. The van der Waals surface area contributed by atoms with Gasteiger partial charge in [-0.25, -0.2) is 9.18 Å². The first kappa shape index (κ1) is 15.7. The Morgan fingerprint density at radius 3 is 2.29 bits per heavy atom. The summed E-state index contributed by atoms with van der Waals surface area (Å²) in [6.07, 6.45) is 0. The van der Waals surface area contributed by atoms with E-state index in [1.54, 1.807) is 6.07 Å². The first-order valence-electron chi connectivity index (χ1n) is 5.67. The lowest BCUT2D eigenvalue weighted by Crippen LogP contribution is -2.15. The van der Waals surface area contributed by atoms with E-state index in [-0.39, 0.29) is 16.8 Å². The molecule has 2 aromatic rings.